The van der Waals surface area contributed by atoms with Gasteiger partial charge in [-0.1, -0.05) is 208 Å². The maximum absolute atomic E-state index is 5.19. The zero-order valence-electron chi connectivity index (χ0n) is 35.5. The van der Waals surface area contributed by atoms with Gasteiger partial charge in [0.1, 0.15) is 0 Å². The van der Waals surface area contributed by atoms with Crippen molar-refractivity contribution in [1.82, 2.24) is 15.0 Å². The van der Waals surface area contributed by atoms with Crippen molar-refractivity contribution in [2.24, 2.45) is 0 Å². The summed E-state index contributed by atoms with van der Waals surface area (Å²) in [6.45, 7) is 4.71. The van der Waals surface area contributed by atoms with Crippen LogP contribution in [0.3, 0.4) is 0 Å². The SMILES string of the molecule is CC1(C)c2ccccc2-c2ccc(-c3cccc4c3sc3c(-c5cccc(-c6nc(-c7ccccc7)nc(-c7cccc(-c8ccc(-c9ccccc9)cc8)c7)n6)c5)cccc34)cc21. The first kappa shape index (κ1) is 37.9. The van der Waals surface area contributed by atoms with Gasteiger partial charge in [0, 0.05) is 42.3 Å². The van der Waals surface area contributed by atoms with E-state index in [9.17, 15) is 0 Å². The van der Waals surface area contributed by atoms with Crippen molar-refractivity contribution in [2.75, 3.05) is 0 Å². The summed E-state index contributed by atoms with van der Waals surface area (Å²) in [7, 11) is 0. The zero-order valence-corrected chi connectivity index (χ0v) is 36.3. The maximum atomic E-state index is 5.19. The second-order valence-corrected chi connectivity index (χ2v) is 18.2. The average Bonchev–Trinajstić information content (AvgIpc) is 3.86. The van der Waals surface area contributed by atoms with E-state index in [2.05, 4.69) is 202 Å². The van der Waals surface area contributed by atoms with Gasteiger partial charge in [-0.3, -0.25) is 0 Å². The minimum Gasteiger partial charge on any atom is -0.208 e. The number of hydrogen-bond acceptors (Lipinski definition) is 4. The van der Waals surface area contributed by atoms with Crippen molar-refractivity contribution in [1.29, 1.82) is 0 Å². The smallest absolute Gasteiger partial charge is 0.164 e. The van der Waals surface area contributed by atoms with Crippen molar-refractivity contribution < 1.29 is 0 Å². The number of benzene rings is 9. The van der Waals surface area contributed by atoms with Gasteiger partial charge in [0.25, 0.3) is 0 Å². The van der Waals surface area contributed by atoms with Crippen LogP contribution >= 0.6 is 11.3 Å². The molecule has 0 saturated heterocycles. The normalized spacial score (nSPS) is 12.7. The van der Waals surface area contributed by atoms with E-state index in [1.165, 1.54) is 70.2 Å². The van der Waals surface area contributed by atoms with Gasteiger partial charge in [0.2, 0.25) is 0 Å². The number of rotatable bonds is 7. The van der Waals surface area contributed by atoms with Gasteiger partial charge >= 0.3 is 0 Å². The topological polar surface area (TPSA) is 38.7 Å². The fraction of sp³-hybridized carbons (Fsp3) is 0.0500. The van der Waals surface area contributed by atoms with Crippen molar-refractivity contribution in [3.8, 4) is 89.8 Å². The van der Waals surface area contributed by atoms with Crippen LogP contribution in [0.5, 0.6) is 0 Å². The molecule has 11 aromatic rings. The molecular formula is C60H41N3S. The Kier molecular flexibility index (Phi) is 9.03. The maximum Gasteiger partial charge on any atom is 0.164 e. The highest BCUT2D eigenvalue weighted by atomic mass is 32.1. The first-order valence-electron chi connectivity index (χ1n) is 21.8. The molecule has 0 N–H and O–H groups in total. The molecule has 0 fully saturated rings. The molecule has 0 atom stereocenters. The van der Waals surface area contributed by atoms with Gasteiger partial charge in [-0.05, 0) is 85.0 Å². The molecule has 0 radical (unpaired) electrons. The molecule has 2 aromatic heterocycles. The highest BCUT2D eigenvalue weighted by Crippen LogP contribution is 2.51. The minimum absolute atomic E-state index is 0.0602. The van der Waals surface area contributed by atoms with Crippen LogP contribution in [-0.4, -0.2) is 15.0 Å². The summed E-state index contributed by atoms with van der Waals surface area (Å²) in [4.78, 5) is 15.4. The van der Waals surface area contributed by atoms with Crippen molar-refractivity contribution >= 4 is 31.5 Å². The first-order chi connectivity index (χ1) is 31.5. The molecule has 12 rings (SSSR count). The quantitative estimate of drug-likeness (QED) is 0.161. The van der Waals surface area contributed by atoms with Crippen molar-refractivity contribution in [2.45, 2.75) is 19.3 Å². The van der Waals surface area contributed by atoms with E-state index in [1.54, 1.807) is 0 Å². The Balaban J connectivity index is 0.933. The molecule has 0 bridgehead atoms. The number of nitrogens with zero attached hydrogens (tertiary/aromatic N) is 3. The monoisotopic (exact) mass is 835 g/mol. The fourth-order valence-corrected chi connectivity index (χ4v) is 11.0. The third-order valence-corrected chi connectivity index (χ3v) is 14.3. The third kappa shape index (κ3) is 6.45. The lowest BCUT2D eigenvalue weighted by Gasteiger charge is -2.22. The Morgan fingerprint density at radius 3 is 1.34 bits per heavy atom. The van der Waals surface area contributed by atoms with Gasteiger partial charge in [0.15, 0.2) is 17.5 Å². The van der Waals surface area contributed by atoms with E-state index in [-0.39, 0.29) is 5.41 Å². The number of thiophene rings is 1. The highest BCUT2D eigenvalue weighted by molar-refractivity contribution is 7.26. The third-order valence-electron chi connectivity index (χ3n) is 13.0. The number of hydrogen-bond donors (Lipinski definition) is 0. The summed E-state index contributed by atoms with van der Waals surface area (Å²) >= 11 is 1.88. The lowest BCUT2D eigenvalue weighted by atomic mass is 9.81. The molecule has 3 nitrogen and oxygen atoms in total. The summed E-state index contributed by atoms with van der Waals surface area (Å²) in [6.07, 6.45) is 0. The van der Waals surface area contributed by atoms with Gasteiger partial charge in [-0.15, -0.1) is 11.3 Å². The predicted octanol–water partition coefficient (Wildman–Crippen LogP) is 16.2. The van der Waals surface area contributed by atoms with Gasteiger partial charge < -0.3 is 0 Å². The Morgan fingerprint density at radius 2 is 0.703 bits per heavy atom. The van der Waals surface area contributed by atoms with Crippen molar-refractivity contribution in [3.63, 3.8) is 0 Å². The molecule has 302 valence electrons. The molecule has 0 aliphatic heterocycles. The molecule has 0 amide bonds. The largest absolute Gasteiger partial charge is 0.208 e. The lowest BCUT2D eigenvalue weighted by molar-refractivity contribution is 0.660. The second kappa shape index (κ2) is 15.2. The van der Waals surface area contributed by atoms with Crippen LogP contribution in [0, 0.1) is 0 Å². The molecule has 4 heteroatoms. The minimum atomic E-state index is -0.0602. The van der Waals surface area contributed by atoms with E-state index in [0.29, 0.717) is 17.5 Å². The van der Waals surface area contributed by atoms with E-state index in [0.717, 1.165) is 33.4 Å². The Bertz CT molecular complexity index is 3570. The van der Waals surface area contributed by atoms with Crippen LogP contribution in [-0.2, 0) is 5.41 Å². The molecule has 1 aliphatic carbocycles. The van der Waals surface area contributed by atoms with Crippen LogP contribution in [0.4, 0.5) is 0 Å². The van der Waals surface area contributed by atoms with Gasteiger partial charge in [-0.25, -0.2) is 15.0 Å². The second-order valence-electron chi connectivity index (χ2n) is 17.2. The fourth-order valence-electron chi connectivity index (χ4n) is 9.65. The molecule has 1 aliphatic rings. The summed E-state index contributed by atoms with van der Waals surface area (Å²) in [5.41, 5.74) is 17.7. The van der Waals surface area contributed by atoms with Crippen molar-refractivity contribution in [3.05, 3.63) is 223 Å². The summed E-state index contributed by atoms with van der Waals surface area (Å²) < 4.78 is 2.57. The summed E-state index contributed by atoms with van der Waals surface area (Å²) in [6, 6.07) is 76.0. The van der Waals surface area contributed by atoms with Crippen LogP contribution in [0.2, 0.25) is 0 Å². The highest BCUT2D eigenvalue weighted by Gasteiger charge is 2.35. The van der Waals surface area contributed by atoms with Crippen LogP contribution < -0.4 is 0 Å². The molecule has 0 unspecified atom stereocenters. The number of fused-ring (bicyclic) bond motifs is 6. The Morgan fingerprint density at radius 1 is 0.297 bits per heavy atom. The van der Waals surface area contributed by atoms with E-state index in [1.807, 2.05) is 35.6 Å². The van der Waals surface area contributed by atoms with Crippen LogP contribution in [0.1, 0.15) is 25.0 Å². The van der Waals surface area contributed by atoms with Crippen LogP contribution in [0.15, 0.2) is 212 Å². The molecule has 9 aromatic carbocycles. The standard InChI is InChI=1S/C60H41N3S/c1-60(2)53-28-10-9-23-49(53)50-34-33-44(37-54(50)60)48-25-14-27-52-51-26-13-24-47(55(51)64-56(48)52)43-20-12-22-46(36-43)59-62-57(41-17-7-4-8-18-41)61-58(63-59)45-21-11-19-42(35-45)40-31-29-39(30-32-40)38-15-5-3-6-16-38/h3-37H,1-2H3. The molecule has 0 spiro atoms. The zero-order chi connectivity index (χ0) is 42.8. The predicted molar refractivity (Wildman–Crippen MR) is 268 cm³/mol. The molecule has 2 heterocycles. The van der Waals surface area contributed by atoms with E-state index < -0.39 is 0 Å². The Labute approximate surface area is 377 Å². The Hall–Kier alpha value is -7.79. The lowest BCUT2D eigenvalue weighted by Crippen LogP contribution is -2.14. The van der Waals surface area contributed by atoms with Gasteiger partial charge in [0.05, 0.1) is 0 Å². The summed E-state index contributed by atoms with van der Waals surface area (Å²) in [5.74, 6) is 1.91. The number of aromatic nitrogens is 3. The first-order valence-corrected chi connectivity index (χ1v) is 22.7. The van der Waals surface area contributed by atoms with E-state index in [4.69, 9.17) is 15.0 Å². The molecular weight excluding hydrogens is 795 g/mol. The molecule has 0 saturated carbocycles. The average molecular weight is 836 g/mol. The molecule has 64 heavy (non-hydrogen) atoms. The van der Waals surface area contributed by atoms with Gasteiger partial charge in [-0.2, -0.15) is 0 Å². The van der Waals surface area contributed by atoms with Crippen LogP contribution in [0.25, 0.3) is 110 Å². The summed E-state index contributed by atoms with van der Waals surface area (Å²) in [5, 5.41) is 2.55. The van der Waals surface area contributed by atoms with E-state index >= 15 is 0 Å².